The van der Waals surface area contributed by atoms with Gasteiger partial charge < -0.3 is 4.90 Å². The summed E-state index contributed by atoms with van der Waals surface area (Å²) in [5.74, 6) is 1.98. The number of hydrogen-bond acceptors (Lipinski definition) is 2. The Morgan fingerprint density at radius 2 is 1.89 bits per heavy atom. The molecule has 4 unspecified atom stereocenters. The lowest BCUT2D eigenvalue weighted by molar-refractivity contribution is -0.133. The zero-order valence-electron chi connectivity index (χ0n) is 12.4. The Morgan fingerprint density at radius 3 is 2.33 bits per heavy atom. The number of carbonyl (C=O) groups excluding carboxylic acids is 1. The smallest absolute Gasteiger partial charge is 0.241 e. The molecule has 1 aliphatic heterocycles. The Hall–Kier alpha value is -0.570. The molecule has 1 saturated heterocycles. The average molecular weight is 252 g/mol. The molecule has 1 heterocycles. The summed E-state index contributed by atoms with van der Waals surface area (Å²) in [6.07, 6.45) is 3.88. The van der Waals surface area contributed by atoms with Gasteiger partial charge in [0.25, 0.3) is 0 Å². The quantitative estimate of drug-likeness (QED) is 0.816. The van der Waals surface area contributed by atoms with Crippen LogP contribution in [-0.2, 0) is 4.79 Å². The van der Waals surface area contributed by atoms with Crippen LogP contribution < -0.4 is 5.32 Å². The molecule has 1 aliphatic carbocycles. The van der Waals surface area contributed by atoms with Gasteiger partial charge in [0, 0.05) is 6.04 Å². The Bertz CT molecular complexity index is 312. The van der Waals surface area contributed by atoms with E-state index in [9.17, 15) is 4.79 Å². The van der Waals surface area contributed by atoms with E-state index in [-0.39, 0.29) is 12.2 Å². The number of rotatable bonds is 5. The van der Waals surface area contributed by atoms with Gasteiger partial charge in [0.15, 0.2) is 0 Å². The van der Waals surface area contributed by atoms with Crippen molar-refractivity contribution in [3.63, 3.8) is 0 Å². The third-order valence-electron chi connectivity index (χ3n) is 4.76. The summed E-state index contributed by atoms with van der Waals surface area (Å²) in [7, 11) is 0. The highest BCUT2D eigenvalue weighted by molar-refractivity contribution is 5.85. The molecule has 0 aromatic rings. The topological polar surface area (TPSA) is 32.3 Å². The molecule has 2 rings (SSSR count). The van der Waals surface area contributed by atoms with Gasteiger partial charge in [-0.3, -0.25) is 10.1 Å². The van der Waals surface area contributed by atoms with Gasteiger partial charge in [0.2, 0.25) is 5.91 Å². The lowest BCUT2D eigenvalue weighted by Crippen LogP contribution is -2.47. The molecule has 1 N–H and O–H groups in total. The van der Waals surface area contributed by atoms with E-state index in [1.54, 1.807) is 0 Å². The first kappa shape index (κ1) is 13.9. The number of nitrogens with one attached hydrogen (secondary N) is 1. The largest absolute Gasteiger partial charge is 0.323 e. The van der Waals surface area contributed by atoms with Gasteiger partial charge in [-0.2, -0.15) is 0 Å². The molecule has 4 atom stereocenters. The highest BCUT2D eigenvalue weighted by atomic mass is 16.2. The van der Waals surface area contributed by atoms with Crippen LogP contribution in [0.5, 0.6) is 0 Å². The first-order valence-corrected chi connectivity index (χ1v) is 7.55. The molecule has 1 saturated carbocycles. The minimum absolute atomic E-state index is 0.0311. The summed E-state index contributed by atoms with van der Waals surface area (Å²) >= 11 is 0. The Morgan fingerprint density at radius 1 is 1.28 bits per heavy atom. The fourth-order valence-corrected chi connectivity index (χ4v) is 3.05. The summed E-state index contributed by atoms with van der Waals surface area (Å²) < 4.78 is 0. The van der Waals surface area contributed by atoms with Crippen LogP contribution in [0.3, 0.4) is 0 Å². The molecule has 1 amide bonds. The molecular weight excluding hydrogens is 224 g/mol. The molecule has 3 nitrogen and oxygen atoms in total. The number of hydrogen-bond donors (Lipinski definition) is 1. The molecule has 0 aromatic carbocycles. The highest BCUT2D eigenvalue weighted by Gasteiger charge is 2.47. The standard InChI is InChI=1S/C15H28N2O/c1-6-10(4)13-15(18)17(11(5)12-7-8-12)14(16-13)9(2)3/h9-14,16H,6-8H2,1-5H3. The van der Waals surface area contributed by atoms with Crippen LogP contribution >= 0.6 is 0 Å². The fraction of sp³-hybridized carbons (Fsp3) is 0.933. The van der Waals surface area contributed by atoms with Gasteiger partial charge in [-0.25, -0.2) is 0 Å². The summed E-state index contributed by atoms with van der Waals surface area (Å²) in [6, 6.07) is 0.440. The first-order chi connectivity index (χ1) is 8.47. The second-order valence-corrected chi connectivity index (χ2v) is 6.54. The number of nitrogens with zero attached hydrogens (tertiary/aromatic N) is 1. The molecule has 0 bridgehead atoms. The molecule has 104 valence electrons. The van der Waals surface area contributed by atoms with E-state index >= 15 is 0 Å². The van der Waals surface area contributed by atoms with Gasteiger partial charge in [0.1, 0.15) is 0 Å². The van der Waals surface area contributed by atoms with Crippen LogP contribution in [0.2, 0.25) is 0 Å². The van der Waals surface area contributed by atoms with Gasteiger partial charge in [-0.05, 0) is 37.5 Å². The van der Waals surface area contributed by atoms with Gasteiger partial charge in [-0.15, -0.1) is 0 Å². The number of amides is 1. The average Bonchev–Trinajstić information content (AvgIpc) is 3.11. The van der Waals surface area contributed by atoms with E-state index in [1.165, 1.54) is 12.8 Å². The minimum atomic E-state index is 0.0311. The van der Waals surface area contributed by atoms with Crippen LogP contribution in [0.25, 0.3) is 0 Å². The molecule has 3 heteroatoms. The van der Waals surface area contributed by atoms with Crippen LogP contribution in [0, 0.1) is 17.8 Å². The van der Waals surface area contributed by atoms with E-state index in [1.807, 2.05) is 0 Å². The van der Waals surface area contributed by atoms with E-state index in [0.29, 0.717) is 23.8 Å². The second-order valence-electron chi connectivity index (χ2n) is 6.54. The van der Waals surface area contributed by atoms with Crippen molar-refractivity contribution in [2.75, 3.05) is 0 Å². The summed E-state index contributed by atoms with van der Waals surface area (Å²) in [6.45, 7) is 11.0. The highest BCUT2D eigenvalue weighted by Crippen LogP contribution is 2.38. The Labute approximate surface area is 111 Å². The van der Waals surface area contributed by atoms with Crippen molar-refractivity contribution in [3.8, 4) is 0 Å². The Kier molecular flexibility index (Phi) is 4.00. The zero-order chi connectivity index (χ0) is 13.4. The number of carbonyl (C=O) groups is 1. The second kappa shape index (κ2) is 5.20. The van der Waals surface area contributed by atoms with Crippen LogP contribution in [0.1, 0.15) is 53.9 Å². The SMILES string of the molecule is CCC(C)C1NC(C(C)C)N(C(C)C2CC2)C1=O. The molecule has 0 spiro atoms. The molecule has 0 radical (unpaired) electrons. The summed E-state index contributed by atoms with van der Waals surface area (Å²) in [4.78, 5) is 14.8. The van der Waals surface area contributed by atoms with Crippen LogP contribution in [-0.4, -0.2) is 29.1 Å². The van der Waals surface area contributed by atoms with Crippen molar-refractivity contribution in [1.82, 2.24) is 10.2 Å². The van der Waals surface area contributed by atoms with Gasteiger partial charge in [-0.1, -0.05) is 34.1 Å². The predicted octanol–water partition coefficient (Wildman–Crippen LogP) is 2.61. The maximum Gasteiger partial charge on any atom is 0.241 e. The minimum Gasteiger partial charge on any atom is -0.323 e. The predicted molar refractivity (Wildman–Crippen MR) is 74.0 cm³/mol. The molecule has 18 heavy (non-hydrogen) atoms. The normalized spacial score (nSPS) is 32.1. The van der Waals surface area contributed by atoms with Crippen molar-refractivity contribution in [1.29, 1.82) is 0 Å². The van der Waals surface area contributed by atoms with E-state index in [0.717, 1.165) is 12.3 Å². The van der Waals surface area contributed by atoms with Gasteiger partial charge in [0.05, 0.1) is 12.2 Å². The van der Waals surface area contributed by atoms with Crippen molar-refractivity contribution in [2.45, 2.75) is 72.1 Å². The maximum absolute atomic E-state index is 12.7. The van der Waals surface area contributed by atoms with E-state index in [2.05, 4.69) is 44.8 Å². The van der Waals surface area contributed by atoms with Crippen LogP contribution in [0.15, 0.2) is 0 Å². The maximum atomic E-state index is 12.7. The lowest BCUT2D eigenvalue weighted by atomic mass is 9.99. The van der Waals surface area contributed by atoms with Crippen molar-refractivity contribution >= 4 is 5.91 Å². The molecule has 2 fully saturated rings. The van der Waals surface area contributed by atoms with Crippen molar-refractivity contribution < 1.29 is 4.79 Å². The third kappa shape index (κ3) is 2.42. The Balaban J connectivity index is 2.16. The molecule has 0 aromatic heterocycles. The zero-order valence-corrected chi connectivity index (χ0v) is 12.4. The fourth-order valence-electron chi connectivity index (χ4n) is 3.05. The van der Waals surface area contributed by atoms with Crippen molar-refractivity contribution in [3.05, 3.63) is 0 Å². The van der Waals surface area contributed by atoms with E-state index < -0.39 is 0 Å². The third-order valence-corrected chi connectivity index (χ3v) is 4.76. The molecule has 2 aliphatic rings. The molecular formula is C15H28N2O. The lowest BCUT2D eigenvalue weighted by Gasteiger charge is -2.32. The summed E-state index contributed by atoms with van der Waals surface area (Å²) in [5.41, 5.74) is 0. The van der Waals surface area contributed by atoms with E-state index in [4.69, 9.17) is 0 Å². The van der Waals surface area contributed by atoms with Gasteiger partial charge >= 0.3 is 0 Å². The summed E-state index contributed by atoms with van der Waals surface area (Å²) in [5, 5.41) is 3.58. The van der Waals surface area contributed by atoms with Crippen molar-refractivity contribution in [2.24, 2.45) is 17.8 Å². The monoisotopic (exact) mass is 252 g/mol. The van der Waals surface area contributed by atoms with Crippen LogP contribution in [0.4, 0.5) is 0 Å². The first-order valence-electron chi connectivity index (χ1n) is 7.55.